The monoisotopic (exact) mass is 347 g/mol. The van der Waals surface area contributed by atoms with E-state index in [4.69, 9.17) is 0 Å². The number of benzene rings is 2. The molecular formula is C20H21N5O. The molecule has 0 fully saturated rings. The number of aryl methyl sites for hydroxylation is 1. The lowest BCUT2D eigenvalue weighted by Gasteiger charge is -2.37. The molecule has 2 N–H and O–H groups in total. The standard InChI is InChI=1S/C20H21N5O/c1-13-8-6-7-11-16(13)18-17(14(2)23-20-21-12-22-25(18)20)19(26)24-15-9-4-3-5-10-15/h3-12,14,17-18H,1-2H3,(H,24,26)(H,21,22,23)/t14-,17-,18-/m1/s1. The zero-order valence-electron chi connectivity index (χ0n) is 14.8. The summed E-state index contributed by atoms with van der Waals surface area (Å²) in [4.78, 5) is 17.5. The van der Waals surface area contributed by atoms with Crippen LogP contribution < -0.4 is 10.6 Å². The van der Waals surface area contributed by atoms with Crippen LogP contribution in [0.25, 0.3) is 0 Å². The molecule has 132 valence electrons. The molecule has 0 saturated heterocycles. The summed E-state index contributed by atoms with van der Waals surface area (Å²) >= 11 is 0. The highest BCUT2D eigenvalue weighted by atomic mass is 16.2. The minimum Gasteiger partial charge on any atom is -0.351 e. The van der Waals surface area contributed by atoms with Gasteiger partial charge >= 0.3 is 0 Å². The number of hydrogen-bond donors (Lipinski definition) is 2. The highest BCUT2D eigenvalue weighted by molar-refractivity contribution is 5.94. The van der Waals surface area contributed by atoms with Crippen molar-refractivity contribution in [2.75, 3.05) is 10.6 Å². The van der Waals surface area contributed by atoms with E-state index in [2.05, 4.69) is 39.8 Å². The number of nitrogens with zero attached hydrogens (tertiary/aromatic N) is 3. The van der Waals surface area contributed by atoms with E-state index in [0.29, 0.717) is 5.95 Å². The van der Waals surface area contributed by atoms with Crippen LogP contribution >= 0.6 is 0 Å². The largest absolute Gasteiger partial charge is 0.351 e. The Hall–Kier alpha value is -3.15. The summed E-state index contributed by atoms with van der Waals surface area (Å²) < 4.78 is 1.82. The molecule has 2 aromatic carbocycles. The Morgan fingerprint density at radius 1 is 1.12 bits per heavy atom. The number of rotatable bonds is 3. The number of hydrogen-bond acceptors (Lipinski definition) is 4. The summed E-state index contributed by atoms with van der Waals surface area (Å²) in [6.07, 6.45) is 1.53. The second kappa shape index (κ2) is 6.63. The highest BCUT2D eigenvalue weighted by Crippen LogP contribution is 2.37. The molecule has 1 aromatic heterocycles. The first-order valence-corrected chi connectivity index (χ1v) is 8.72. The molecule has 6 heteroatoms. The van der Waals surface area contributed by atoms with Gasteiger partial charge in [0.15, 0.2) is 0 Å². The maximum atomic E-state index is 13.2. The summed E-state index contributed by atoms with van der Waals surface area (Å²) in [6.45, 7) is 4.07. The van der Waals surface area contributed by atoms with Crippen molar-refractivity contribution in [1.29, 1.82) is 0 Å². The molecule has 6 nitrogen and oxygen atoms in total. The van der Waals surface area contributed by atoms with E-state index in [9.17, 15) is 4.79 Å². The van der Waals surface area contributed by atoms with Gasteiger partial charge in [-0.15, -0.1) is 0 Å². The number of carbonyl (C=O) groups excluding carboxylic acids is 1. The van der Waals surface area contributed by atoms with E-state index >= 15 is 0 Å². The van der Waals surface area contributed by atoms with Crippen molar-refractivity contribution < 1.29 is 4.79 Å². The van der Waals surface area contributed by atoms with Gasteiger partial charge in [-0.25, -0.2) is 4.68 Å². The fraction of sp³-hybridized carbons (Fsp3) is 0.250. The van der Waals surface area contributed by atoms with E-state index in [0.717, 1.165) is 16.8 Å². The maximum absolute atomic E-state index is 13.2. The number of aromatic nitrogens is 3. The maximum Gasteiger partial charge on any atom is 0.232 e. The van der Waals surface area contributed by atoms with Crippen LogP contribution in [0.5, 0.6) is 0 Å². The van der Waals surface area contributed by atoms with E-state index < -0.39 is 0 Å². The Morgan fingerprint density at radius 3 is 2.62 bits per heavy atom. The molecule has 3 aromatic rings. The van der Waals surface area contributed by atoms with Gasteiger partial charge in [-0.05, 0) is 37.1 Å². The third kappa shape index (κ3) is 2.83. The van der Waals surface area contributed by atoms with Crippen molar-refractivity contribution in [3.63, 3.8) is 0 Å². The molecule has 1 amide bonds. The minimum absolute atomic E-state index is 0.0365. The molecule has 0 bridgehead atoms. The van der Waals surface area contributed by atoms with E-state index in [1.165, 1.54) is 6.33 Å². The summed E-state index contributed by atoms with van der Waals surface area (Å²) in [6, 6.07) is 17.4. The first-order valence-electron chi connectivity index (χ1n) is 8.72. The predicted octanol–water partition coefficient (Wildman–Crippen LogP) is 3.24. The van der Waals surface area contributed by atoms with Crippen molar-refractivity contribution >= 4 is 17.5 Å². The number of anilines is 2. The number of nitrogens with one attached hydrogen (secondary N) is 2. The van der Waals surface area contributed by atoms with Gasteiger partial charge in [0.1, 0.15) is 6.33 Å². The molecule has 26 heavy (non-hydrogen) atoms. The van der Waals surface area contributed by atoms with Crippen LogP contribution in [0.15, 0.2) is 60.9 Å². The van der Waals surface area contributed by atoms with Gasteiger partial charge in [-0.1, -0.05) is 42.5 Å². The van der Waals surface area contributed by atoms with E-state index in [1.807, 2.05) is 54.1 Å². The van der Waals surface area contributed by atoms with Crippen LogP contribution in [0.4, 0.5) is 11.6 Å². The van der Waals surface area contributed by atoms with E-state index in [-0.39, 0.29) is 23.9 Å². The normalized spacial score (nSPS) is 21.5. The van der Waals surface area contributed by atoms with Gasteiger partial charge in [-0.3, -0.25) is 4.79 Å². The van der Waals surface area contributed by atoms with Gasteiger partial charge in [0.2, 0.25) is 11.9 Å². The topological polar surface area (TPSA) is 71.8 Å². The fourth-order valence-corrected chi connectivity index (χ4v) is 3.64. The summed E-state index contributed by atoms with van der Waals surface area (Å²) in [7, 11) is 0. The molecule has 0 aliphatic carbocycles. The van der Waals surface area contributed by atoms with Crippen LogP contribution in [-0.2, 0) is 4.79 Å². The van der Waals surface area contributed by atoms with Crippen LogP contribution in [0, 0.1) is 12.8 Å². The molecule has 3 atom stereocenters. The van der Waals surface area contributed by atoms with Crippen molar-refractivity contribution in [3.05, 3.63) is 72.1 Å². The average Bonchev–Trinajstić information content (AvgIpc) is 3.10. The first-order chi connectivity index (χ1) is 12.6. The summed E-state index contributed by atoms with van der Waals surface area (Å²) in [5.41, 5.74) is 3.00. The van der Waals surface area contributed by atoms with Gasteiger partial charge in [0.25, 0.3) is 0 Å². The lowest BCUT2D eigenvalue weighted by molar-refractivity contribution is -0.121. The van der Waals surface area contributed by atoms with Crippen molar-refractivity contribution in [3.8, 4) is 0 Å². The van der Waals surface area contributed by atoms with E-state index in [1.54, 1.807) is 0 Å². The third-order valence-electron chi connectivity index (χ3n) is 4.92. The Bertz CT molecular complexity index is 921. The summed E-state index contributed by atoms with van der Waals surface area (Å²) in [5, 5.41) is 10.7. The minimum atomic E-state index is -0.328. The number of para-hydroxylation sites is 1. The first kappa shape index (κ1) is 16.3. The Balaban J connectivity index is 1.76. The Kier molecular flexibility index (Phi) is 4.16. The molecular weight excluding hydrogens is 326 g/mol. The Labute approximate surface area is 152 Å². The smallest absolute Gasteiger partial charge is 0.232 e. The second-order valence-electron chi connectivity index (χ2n) is 6.64. The van der Waals surface area contributed by atoms with Gasteiger partial charge in [0.05, 0.1) is 12.0 Å². The lowest BCUT2D eigenvalue weighted by Crippen LogP contribution is -2.46. The third-order valence-corrected chi connectivity index (χ3v) is 4.92. The van der Waals surface area contributed by atoms with Crippen LogP contribution in [0.1, 0.15) is 24.1 Å². The van der Waals surface area contributed by atoms with Crippen molar-refractivity contribution in [2.45, 2.75) is 25.9 Å². The zero-order chi connectivity index (χ0) is 18.1. The molecule has 0 unspecified atom stereocenters. The Morgan fingerprint density at radius 2 is 1.85 bits per heavy atom. The zero-order valence-corrected chi connectivity index (χ0v) is 14.8. The van der Waals surface area contributed by atoms with Crippen molar-refractivity contribution in [1.82, 2.24) is 14.8 Å². The second-order valence-corrected chi connectivity index (χ2v) is 6.64. The molecule has 2 heterocycles. The number of fused-ring (bicyclic) bond motifs is 1. The quantitative estimate of drug-likeness (QED) is 0.763. The van der Waals surface area contributed by atoms with Crippen LogP contribution in [0.2, 0.25) is 0 Å². The number of amides is 1. The molecule has 1 aliphatic rings. The van der Waals surface area contributed by atoms with Gasteiger partial charge in [0, 0.05) is 11.7 Å². The SMILES string of the molecule is Cc1ccccc1[C@@H]1[C@H](C(=O)Nc2ccccc2)[C@@H](C)Nc2ncnn21. The molecule has 0 spiro atoms. The van der Waals surface area contributed by atoms with Crippen LogP contribution in [-0.4, -0.2) is 26.7 Å². The molecule has 1 aliphatic heterocycles. The molecule has 4 rings (SSSR count). The van der Waals surface area contributed by atoms with Crippen LogP contribution in [0.3, 0.4) is 0 Å². The fourth-order valence-electron chi connectivity index (χ4n) is 3.64. The van der Waals surface area contributed by atoms with Gasteiger partial charge in [-0.2, -0.15) is 10.1 Å². The summed E-state index contributed by atoms with van der Waals surface area (Å²) in [5.74, 6) is 0.325. The molecule has 0 saturated carbocycles. The lowest BCUT2D eigenvalue weighted by atomic mass is 9.84. The number of carbonyl (C=O) groups is 1. The average molecular weight is 347 g/mol. The highest BCUT2D eigenvalue weighted by Gasteiger charge is 2.41. The predicted molar refractivity (Wildman–Crippen MR) is 101 cm³/mol. The molecule has 0 radical (unpaired) electrons. The van der Waals surface area contributed by atoms with Gasteiger partial charge < -0.3 is 10.6 Å². The van der Waals surface area contributed by atoms with Crippen molar-refractivity contribution in [2.24, 2.45) is 5.92 Å².